The van der Waals surface area contributed by atoms with Crippen LogP contribution in [0.15, 0.2) is 137 Å². The van der Waals surface area contributed by atoms with Crippen molar-refractivity contribution in [1.82, 2.24) is 19.7 Å². The Hall–Kier alpha value is -4.77. The van der Waals surface area contributed by atoms with E-state index < -0.39 is 0 Å². The molecule has 4 heterocycles. The molecule has 5 heteroatoms. The number of allylic oxidation sites excluding steroid dienone is 19. The number of likely N-dealkylation sites (tertiary alicyclic amines) is 2. The fourth-order valence-corrected chi connectivity index (χ4v) is 15.1. The lowest BCUT2D eigenvalue weighted by atomic mass is 9.70. The highest BCUT2D eigenvalue weighted by Crippen LogP contribution is 2.53. The summed E-state index contributed by atoms with van der Waals surface area (Å²) in [6.45, 7) is 2.51. The summed E-state index contributed by atoms with van der Waals surface area (Å²) in [6.07, 6.45) is 65.8. The Morgan fingerprint density at radius 3 is 2.47 bits per heavy atom. The lowest BCUT2D eigenvalue weighted by molar-refractivity contribution is 0.224. The molecule has 0 bridgehead atoms. The predicted molar refractivity (Wildman–Crippen MR) is 254 cm³/mol. The molecule has 1 aromatic heterocycles. The van der Waals surface area contributed by atoms with Crippen molar-refractivity contribution in [2.24, 2.45) is 58.3 Å². The normalized spacial score (nSPS) is 39.3. The number of hydrogen-bond donors (Lipinski definition) is 1. The second-order valence-electron chi connectivity index (χ2n) is 20.9. The van der Waals surface area contributed by atoms with Crippen molar-refractivity contribution in [1.29, 1.82) is 0 Å². The molecule has 2 fully saturated rings. The lowest BCUT2D eigenvalue weighted by Gasteiger charge is -2.43. The summed E-state index contributed by atoms with van der Waals surface area (Å²) in [5.74, 6) is 5.13. The maximum absolute atomic E-state index is 5.91. The van der Waals surface area contributed by atoms with E-state index in [2.05, 4.69) is 148 Å². The molecule has 318 valence electrons. The van der Waals surface area contributed by atoms with Gasteiger partial charge in [0, 0.05) is 69.6 Å². The third-order valence-corrected chi connectivity index (χ3v) is 17.8. The standard InChI is InChI=1S/C57H65N5/c1-36-33-40(61-50-23-11-6-17-42(50)43-18-7-12-24-51(43)61)29-30-41(36)56-46-21-5-10-22-49(46)58-57(59-56)62-53-26-14-9-20-45(53)48-35-38(28-32-55(48)62)37-27-31-54-47(34-37)44-19-8-13-25-52(44)60(54)39-15-3-2-4-16-39/h2-3,5-6,8,10,12-15,17,22,24-28,31-33,36-38,41-44,46-47,50-51,54,57-58H,4,7,9,11,16,18-21,23,29-30,34-35H2,1H3. The highest BCUT2D eigenvalue weighted by molar-refractivity contribution is 5.93. The van der Waals surface area contributed by atoms with Crippen molar-refractivity contribution in [3.8, 4) is 0 Å². The van der Waals surface area contributed by atoms with Crippen LogP contribution in [-0.4, -0.2) is 38.2 Å². The van der Waals surface area contributed by atoms with E-state index in [-0.39, 0.29) is 6.29 Å². The number of fused-ring (bicyclic) bond motifs is 10. The number of nitrogens with zero attached hydrogens (tertiary/aromatic N) is 4. The minimum atomic E-state index is -0.132. The van der Waals surface area contributed by atoms with E-state index in [0.717, 1.165) is 44.4 Å². The van der Waals surface area contributed by atoms with Gasteiger partial charge in [-0.15, -0.1) is 0 Å². The predicted octanol–water partition coefficient (Wildman–Crippen LogP) is 12.1. The van der Waals surface area contributed by atoms with Crippen molar-refractivity contribution >= 4 is 17.9 Å². The van der Waals surface area contributed by atoms with E-state index in [1.807, 2.05) is 0 Å². The molecule has 0 amide bonds. The maximum atomic E-state index is 5.91. The van der Waals surface area contributed by atoms with Gasteiger partial charge in [0.15, 0.2) is 0 Å². The summed E-state index contributed by atoms with van der Waals surface area (Å²) >= 11 is 0. The molecule has 12 aliphatic rings. The van der Waals surface area contributed by atoms with Gasteiger partial charge in [-0.2, -0.15) is 0 Å². The van der Waals surface area contributed by atoms with E-state index in [1.54, 1.807) is 22.5 Å². The Kier molecular flexibility index (Phi) is 9.26. The number of aromatic nitrogens is 1. The summed E-state index contributed by atoms with van der Waals surface area (Å²) in [4.78, 5) is 11.6. The molecule has 2 saturated heterocycles. The molecule has 1 N–H and O–H groups in total. The van der Waals surface area contributed by atoms with Crippen molar-refractivity contribution in [3.63, 3.8) is 0 Å². The summed E-state index contributed by atoms with van der Waals surface area (Å²) in [6, 6.07) is 1.72. The molecule has 5 nitrogen and oxygen atoms in total. The van der Waals surface area contributed by atoms with Gasteiger partial charge in [0.25, 0.3) is 0 Å². The Morgan fingerprint density at radius 1 is 0.661 bits per heavy atom. The average molecular weight is 820 g/mol. The van der Waals surface area contributed by atoms with Crippen molar-refractivity contribution in [2.75, 3.05) is 0 Å². The van der Waals surface area contributed by atoms with Gasteiger partial charge in [-0.25, -0.2) is 4.99 Å². The van der Waals surface area contributed by atoms with E-state index in [4.69, 9.17) is 4.99 Å². The van der Waals surface area contributed by atoms with Gasteiger partial charge in [0.05, 0.1) is 12.1 Å². The molecule has 0 aromatic carbocycles. The van der Waals surface area contributed by atoms with Crippen LogP contribution in [0, 0.1) is 53.3 Å². The van der Waals surface area contributed by atoms with Crippen molar-refractivity contribution in [2.45, 2.75) is 121 Å². The average Bonchev–Trinajstić information content (AvgIpc) is 3.97. The van der Waals surface area contributed by atoms with Gasteiger partial charge < -0.3 is 19.7 Å². The van der Waals surface area contributed by atoms with E-state index in [0.29, 0.717) is 65.5 Å². The number of aliphatic imine (C=N–C) groups is 1. The second-order valence-corrected chi connectivity index (χ2v) is 20.9. The van der Waals surface area contributed by atoms with Crippen LogP contribution in [0.1, 0.15) is 113 Å². The zero-order valence-electron chi connectivity index (χ0n) is 36.7. The minimum absolute atomic E-state index is 0.132. The van der Waals surface area contributed by atoms with E-state index in [1.165, 1.54) is 79.9 Å². The quantitative estimate of drug-likeness (QED) is 0.301. The van der Waals surface area contributed by atoms with Gasteiger partial charge in [0.2, 0.25) is 6.29 Å². The summed E-state index contributed by atoms with van der Waals surface area (Å²) < 4.78 is 2.62. The Morgan fingerprint density at radius 2 is 1.53 bits per heavy atom. The Labute approximate surface area is 370 Å². The zero-order chi connectivity index (χ0) is 40.9. The Balaban J connectivity index is 0.807. The molecular weight excluding hydrogens is 755 g/mol. The highest BCUT2D eigenvalue weighted by atomic mass is 15.3. The molecule has 13 atom stereocenters. The molecule has 1 aromatic rings. The molecule has 0 saturated carbocycles. The van der Waals surface area contributed by atoms with Gasteiger partial charge in [-0.1, -0.05) is 98.1 Å². The minimum Gasteiger partial charge on any atom is -0.365 e. The molecular formula is C57H65N5. The van der Waals surface area contributed by atoms with Crippen LogP contribution >= 0.6 is 0 Å². The molecule has 0 radical (unpaired) electrons. The third-order valence-electron chi connectivity index (χ3n) is 17.8. The van der Waals surface area contributed by atoms with Crippen LogP contribution in [0.5, 0.6) is 0 Å². The first-order chi connectivity index (χ1) is 30.7. The first kappa shape index (κ1) is 37.8. The zero-order valence-corrected chi connectivity index (χ0v) is 36.7. The van der Waals surface area contributed by atoms with Crippen LogP contribution < -0.4 is 5.32 Å². The Bertz CT molecular complexity index is 2430. The fourth-order valence-electron chi connectivity index (χ4n) is 15.1. The lowest BCUT2D eigenvalue weighted by Crippen LogP contribution is -2.44. The monoisotopic (exact) mass is 820 g/mol. The number of nitrogens with one attached hydrogen (secondary N) is 1. The van der Waals surface area contributed by atoms with Crippen LogP contribution in [-0.2, 0) is 12.8 Å². The maximum Gasteiger partial charge on any atom is 0.200 e. The molecule has 0 spiro atoms. The largest absolute Gasteiger partial charge is 0.365 e. The molecule has 62 heavy (non-hydrogen) atoms. The van der Waals surface area contributed by atoms with Gasteiger partial charge in [0.1, 0.15) is 0 Å². The summed E-state index contributed by atoms with van der Waals surface area (Å²) in [5, 5.41) is 4.06. The van der Waals surface area contributed by atoms with Crippen LogP contribution in [0.25, 0.3) is 12.2 Å². The smallest absolute Gasteiger partial charge is 0.200 e. The van der Waals surface area contributed by atoms with E-state index in [9.17, 15) is 0 Å². The third kappa shape index (κ3) is 5.95. The first-order valence-electron chi connectivity index (χ1n) is 25.0. The SMILES string of the molecule is CC1C=C(N2C3C=CCCC3C3C=CCCC32)CCC1C1=NC(n2c3c(c4c2C=CC(C2C=CC5C(C2)C2CC=CC=C2N5C2=CC=CCC2)C4)CCC=C3)NC2=CC=CCC21. The van der Waals surface area contributed by atoms with Crippen molar-refractivity contribution in [3.05, 3.63) is 155 Å². The first-order valence-corrected chi connectivity index (χ1v) is 25.0. The fraction of sp³-hybridized carbons (Fsp3) is 0.491. The second kappa shape index (κ2) is 15.2. The topological polar surface area (TPSA) is 35.8 Å². The molecule has 13 unspecified atom stereocenters. The van der Waals surface area contributed by atoms with Crippen LogP contribution in [0.2, 0.25) is 0 Å². The van der Waals surface area contributed by atoms with Gasteiger partial charge in [-0.05, 0) is 161 Å². The van der Waals surface area contributed by atoms with Gasteiger partial charge >= 0.3 is 0 Å². The van der Waals surface area contributed by atoms with Crippen LogP contribution in [0.3, 0.4) is 0 Å². The van der Waals surface area contributed by atoms with E-state index >= 15 is 0 Å². The van der Waals surface area contributed by atoms with Crippen LogP contribution in [0.4, 0.5) is 0 Å². The van der Waals surface area contributed by atoms with Gasteiger partial charge in [-0.3, -0.25) is 0 Å². The number of hydrogen-bond acceptors (Lipinski definition) is 4. The summed E-state index contributed by atoms with van der Waals surface area (Å²) in [7, 11) is 0. The summed E-state index contributed by atoms with van der Waals surface area (Å²) in [5.41, 5.74) is 13.5. The molecule has 9 aliphatic carbocycles. The molecule has 3 aliphatic heterocycles. The number of rotatable bonds is 5. The highest BCUT2D eigenvalue weighted by Gasteiger charge is 2.50. The van der Waals surface area contributed by atoms with Crippen molar-refractivity contribution < 1.29 is 0 Å². The molecule has 13 rings (SSSR count).